The Morgan fingerprint density at radius 2 is 2.04 bits per heavy atom. The van der Waals surface area contributed by atoms with Crippen LogP contribution >= 0.6 is 0 Å². The minimum Gasteiger partial charge on any atom is -0.467 e. The van der Waals surface area contributed by atoms with Crippen LogP contribution in [0.2, 0.25) is 0 Å². The fraction of sp³-hybridized carbons (Fsp3) is 0.632. The topological polar surface area (TPSA) is 82.9 Å². The maximum atomic E-state index is 13.0. The van der Waals surface area contributed by atoms with Gasteiger partial charge >= 0.3 is 6.03 Å². The molecule has 1 aromatic rings. The molecule has 26 heavy (non-hydrogen) atoms. The van der Waals surface area contributed by atoms with E-state index >= 15 is 0 Å². The summed E-state index contributed by atoms with van der Waals surface area (Å²) in [6, 6.07) is 3.08. The van der Waals surface area contributed by atoms with E-state index in [1.807, 2.05) is 26.0 Å². The van der Waals surface area contributed by atoms with E-state index in [0.717, 1.165) is 36.3 Å². The lowest BCUT2D eigenvalue weighted by molar-refractivity contribution is -0.140. The number of rotatable bonds is 5. The second-order valence-corrected chi connectivity index (χ2v) is 7.08. The van der Waals surface area contributed by atoms with Crippen LogP contribution in [-0.2, 0) is 9.59 Å². The number of imide groups is 1. The highest BCUT2D eigenvalue weighted by atomic mass is 16.3. The summed E-state index contributed by atoms with van der Waals surface area (Å²) in [5.41, 5.74) is -0.878. The Balaban J connectivity index is 1.77. The van der Waals surface area contributed by atoms with Crippen LogP contribution in [0, 0.1) is 0 Å². The number of carbonyl (C=O) groups excluding carboxylic acids is 3. The van der Waals surface area contributed by atoms with Gasteiger partial charge in [0.05, 0.1) is 12.3 Å². The molecular formula is C19H27N3O4. The molecule has 2 aliphatic heterocycles. The summed E-state index contributed by atoms with van der Waals surface area (Å²) in [5.74, 6) is 0.249. The van der Waals surface area contributed by atoms with Gasteiger partial charge in [0.15, 0.2) is 0 Å². The van der Waals surface area contributed by atoms with Crippen LogP contribution in [0.4, 0.5) is 4.79 Å². The number of carbonyl (C=O) groups is 3. The molecule has 7 nitrogen and oxygen atoms in total. The Morgan fingerprint density at radius 3 is 2.65 bits per heavy atom. The fourth-order valence-electron chi connectivity index (χ4n) is 3.96. The van der Waals surface area contributed by atoms with Crippen LogP contribution in [0.3, 0.4) is 0 Å². The molecule has 0 bridgehead atoms. The minimum atomic E-state index is -0.878. The van der Waals surface area contributed by atoms with Crippen molar-refractivity contribution in [1.82, 2.24) is 15.1 Å². The van der Waals surface area contributed by atoms with Crippen molar-refractivity contribution in [2.45, 2.75) is 64.0 Å². The standard InChI is InChI=1S/C19H27N3O4/c1-3-19(4-2)17(24)22(18(25)20-19)13-16(23)21-11-7-5-6-9-14(21)15-10-8-12-26-15/h8,10,12,14H,3-7,9,11,13H2,1-2H3,(H,20,25). The third-order valence-corrected chi connectivity index (χ3v) is 5.69. The number of urea groups is 1. The second-order valence-electron chi connectivity index (χ2n) is 7.08. The fourth-order valence-corrected chi connectivity index (χ4v) is 3.96. The lowest BCUT2D eigenvalue weighted by Gasteiger charge is -2.30. The van der Waals surface area contributed by atoms with Gasteiger partial charge in [-0.25, -0.2) is 4.79 Å². The predicted octanol–water partition coefficient (Wildman–Crippen LogP) is 2.83. The quantitative estimate of drug-likeness (QED) is 0.818. The number of nitrogens with one attached hydrogen (secondary N) is 1. The summed E-state index contributed by atoms with van der Waals surface area (Å²) in [7, 11) is 0. The van der Waals surface area contributed by atoms with Gasteiger partial charge in [-0.15, -0.1) is 0 Å². The Bertz CT molecular complexity index is 666. The molecule has 0 aliphatic carbocycles. The Morgan fingerprint density at radius 1 is 1.27 bits per heavy atom. The van der Waals surface area contributed by atoms with Crippen LogP contribution in [0.25, 0.3) is 0 Å². The summed E-state index contributed by atoms with van der Waals surface area (Å²) in [4.78, 5) is 40.9. The summed E-state index contributed by atoms with van der Waals surface area (Å²) in [6.45, 7) is 4.13. The first-order valence-corrected chi connectivity index (χ1v) is 9.49. The first-order valence-electron chi connectivity index (χ1n) is 9.49. The van der Waals surface area contributed by atoms with Crippen molar-refractivity contribution in [2.75, 3.05) is 13.1 Å². The van der Waals surface area contributed by atoms with Crippen molar-refractivity contribution < 1.29 is 18.8 Å². The van der Waals surface area contributed by atoms with Gasteiger partial charge in [-0.1, -0.05) is 26.7 Å². The van der Waals surface area contributed by atoms with Crippen LogP contribution < -0.4 is 5.32 Å². The second kappa shape index (κ2) is 7.51. The van der Waals surface area contributed by atoms with E-state index in [-0.39, 0.29) is 24.4 Å². The highest BCUT2D eigenvalue weighted by Crippen LogP contribution is 2.31. The van der Waals surface area contributed by atoms with Crippen molar-refractivity contribution in [1.29, 1.82) is 0 Å². The zero-order valence-corrected chi connectivity index (χ0v) is 15.5. The van der Waals surface area contributed by atoms with Crippen molar-refractivity contribution in [3.63, 3.8) is 0 Å². The van der Waals surface area contributed by atoms with Gasteiger partial charge < -0.3 is 14.6 Å². The normalized spacial score (nSPS) is 23.1. The maximum Gasteiger partial charge on any atom is 0.325 e. The number of hydrogen-bond donors (Lipinski definition) is 1. The molecule has 0 aromatic carbocycles. The number of hydrogen-bond acceptors (Lipinski definition) is 4. The van der Waals surface area contributed by atoms with E-state index < -0.39 is 11.6 Å². The van der Waals surface area contributed by atoms with Gasteiger partial charge in [0.25, 0.3) is 5.91 Å². The molecule has 0 saturated carbocycles. The number of likely N-dealkylation sites (tertiary alicyclic amines) is 1. The molecule has 3 heterocycles. The van der Waals surface area contributed by atoms with E-state index in [4.69, 9.17) is 4.42 Å². The molecular weight excluding hydrogens is 334 g/mol. The largest absolute Gasteiger partial charge is 0.467 e. The summed E-state index contributed by atoms with van der Waals surface area (Å²) in [5, 5.41) is 2.77. The maximum absolute atomic E-state index is 13.0. The molecule has 7 heteroatoms. The molecule has 1 unspecified atom stereocenters. The minimum absolute atomic E-state index is 0.136. The molecule has 0 spiro atoms. The zero-order chi connectivity index (χ0) is 18.7. The van der Waals surface area contributed by atoms with E-state index in [0.29, 0.717) is 19.4 Å². The van der Waals surface area contributed by atoms with Crippen LogP contribution in [0.5, 0.6) is 0 Å². The summed E-state index contributed by atoms with van der Waals surface area (Å²) >= 11 is 0. The van der Waals surface area contributed by atoms with Crippen molar-refractivity contribution in [2.24, 2.45) is 0 Å². The molecule has 0 radical (unpaired) electrons. The predicted molar refractivity (Wildman–Crippen MR) is 95.2 cm³/mol. The summed E-state index contributed by atoms with van der Waals surface area (Å²) in [6.07, 6.45) is 6.45. The first kappa shape index (κ1) is 18.5. The van der Waals surface area contributed by atoms with Crippen molar-refractivity contribution in [3.05, 3.63) is 24.2 Å². The van der Waals surface area contributed by atoms with E-state index in [9.17, 15) is 14.4 Å². The molecule has 2 fully saturated rings. The molecule has 4 amide bonds. The third kappa shape index (κ3) is 3.22. The SMILES string of the molecule is CCC1(CC)NC(=O)N(CC(=O)N2CCCCCC2c2ccco2)C1=O. The average Bonchev–Trinajstić information content (AvgIpc) is 3.16. The van der Waals surface area contributed by atoms with Gasteiger partial charge in [-0.2, -0.15) is 0 Å². The molecule has 2 aliphatic rings. The number of furan rings is 1. The summed E-state index contributed by atoms with van der Waals surface area (Å²) < 4.78 is 5.54. The lowest BCUT2D eigenvalue weighted by Crippen LogP contribution is -2.47. The van der Waals surface area contributed by atoms with E-state index in [1.165, 1.54) is 0 Å². The molecule has 3 rings (SSSR count). The average molecular weight is 361 g/mol. The number of amides is 4. The molecule has 2 saturated heterocycles. The smallest absolute Gasteiger partial charge is 0.325 e. The van der Waals surface area contributed by atoms with Crippen molar-refractivity contribution >= 4 is 17.8 Å². The van der Waals surface area contributed by atoms with Gasteiger partial charge in [0, 0.05) is 6.54 Å². The molecule has 1 atom stereocenters. The van der Waals surface area contributed by atoms with Gasteiger partial charge in [0.2, 0.25) is 5.91 Å². The van der Waals surface area contributed by atoms with Crippen LogP contribution in [-0.4, -0.2) is 46.3 Å². The zero-order valence-electron chi connectivity index (χ0n) is 15.5. The molecule has 1 N–H and O–H groups in total. The highest BCUT2D eigenvalue weighted by Gasteiger charge is 2.49. The Kier molecular flexibility index (Phi) is 5.34. The lowest BCUT2D eigenvalue weighted by atomic mass is 9.93. The van der Waals surface area contributed by atoms with Crippen molar-refractivity contribution in [3.8, 4) is 0 Å². The monoisotopic (exact) mass is 361 g/mol. The Labute approximate surface area is 153 Å². The van der Waals surface area contributed by atoms with Crippen LogP contribution in [0.15, 0.2) is 22.8 Å². The van der Waals surface area contributed by atoms with E-state index in [2.05, 4.69) is 5.32 Å². The van der Waals surface area contributed by atoms with Crippen LogP contribution in [0.1, 0.15) is 64.2 Å². The van der Waals surface area contributed by atoms with Gasteiger partial charge in [-0.3, -0.25) is 14.5 Å². The molecule has 142 valence electrons. The first-order chi connectivity index (χ1) is 12.5. The number of nitrogens with zero attached hydrogens (tertiary/aromatic N) is 2. The molecule has 1 aromatic heterocycles. The third-order valence-electron chi connectivity index (χ3n) is 5.69. The highest BCUT2D eigenvalue weighted by molar-refractivity contribution is 6.09. The Hall–Kier alpha value is -2.31. The van der Waals surface area contributed by atoms with E-state index in [1.54, 1.807) is 11.2 Å². The van der Waals surface area contributed by atoms with Gasteiger partial charge in [0.1, 0.15) is 17.8 Å². The van der Waals surface area contributed by atoms with Gasteiger partial charge in [-0.05, 0) is 37.8 Å².